The highest BCUT2D eigenvalue weighted by molar-refractivity contribution is 5.92. The molecular weight excluding hydrogens is 114 g/mol. The van der Waals surface area contributed by atoms with E-state index in [1.165, 1.54) is 0 Å². The lowest BCUT2D eigenvalue weighted by Crippen LogP contribution is -2.19. The maximum Gasteiger partial charge on any atom is 0.295 e. The zero-order valence-corrected chi connectivity index (χ0v) is 6.19. The lowest BCUT2D eigenvalue weighted by Gasteiger charge is -1.88. The summed E-state index contributed by atoms with van der Waals surface area (Å²) in [6.07, 6.45) is 4.70. The largest absolute Gasteiger partial charge is 0.346 e. The first-order chi connectivity index (χ1) is 4.31. The van der Waals surface area contributed by atoms with Crippen LogP contribution in [0.15, 0.2) is 0 Å². The van der Waals surface area contributed by atoms with Crippen molar-refractivity contribution in [1.82, 2.24) is 5.32 Å². The molecule has 9 heavy (non-hydrogen) atoms. The van der Waals surface area contributed by atoms with E-state index in [1.807, 2.05) is 26.7 Å². The molecule has 0 aliphatic heterocycles. The smallest absolute Gasteiger partial charge is 0.295 e. The highest BCUT2D eigenvalue weighted by Gasteiger charge is 1.84. The molecule has 0 saturated carbocycles. The van der Waals surface area contributed by atoms with Crippen LogP contribution in [0.1, 0.15) is 20.8 Å². The number of nitrogens with one attached hydrogen (secondary N) is 1. The van der Waals surface area contributed by atoms with E-state index in [2.05, 4.69) is 5.32 Å². The summed E-state index contributed by atoms with van der Waals surface area (Å²) in [6, 6.07) is 0. The molecule has 0 radical (unpaired) electrons. The highest BCUT2D eigenvalue weighted by atomic mass is 16.1. The van der Waals surface area contributed by atoms with Crippen LogP contribution in [0.25, 0.3) is 0 Å². The van der Waals surface area contributed by atoms with Crippen LogP contribution < -0.4 is 5.32 Å². The summed E-state index contributed by atoms with van der Waals surface area (Å²) >= 11 is 0. The Balaban J connectivity index is 0. The van der Waals surface area contributed by atoms with Crippen LogP contribution in [0.5, 0.6) is 0 Å². The Morgan fingerprint density at radius 1 is 1.67 bits per heavy atom. The van der Waals surface area contributed by atoms with Crippen LogP contribution in [0.4, 0.5) is 0 Å². The number of carbonyl (C=O) groups is 1. The Labute approximate surface area is 56.6 Å². The molecule has 0 aromatic rings. The maximum atomic E-state index is 10.1. The van der Waals surface area contributed by atoms with Crippen molar-refractivity contribution in [2.75, 3.05) is 6.54 Å². The molecule has 52 valence electrons. The van der Waals surface area contributed by atoms with Crippen molar-refractivity contribution in [1.29, 1.82) is 0 Å². The fourth-order valence-electron chi connectivity index (χ4n) is 0.212. The van der Waals surface area contributed by atoms with Crippen LogP contribution in [0.2, 0.25) is 0 Å². The van der Waals surface area contributed by atoms with Crippen LogP contribution in [0.3, 0.4) is 0 Å². The van der Waals surface area contributed by atoms with Crippen molar-refractivity contribution < 1.29 is 4.79 Å². The molecule has 1 amide bonds. The van der Waals surface area contributed by atoms with Gasteiger partial charge in [0, 0.05) is 6.54 Å². The molecule has 0 heterocycles. The fourth-order valence-corrected chi connectivity index (χ4v) is 0.212. The highest BCUT2D eigenvalue weighted by Crippen LogP contribution is 1.55. The monoisotopic (exact) mass is 127 g/mol. The molecule has 2 heteroatoms. The Morgan fingerprint density at radius 3 is 2.22 bits per heavy atom. The molecule has 0 aromatic heterocycles. The van der Waals surface area contributed by atoms with Gasteiger partial charge >= 0.3 is 0 Å². The quantitative estimate of drug-likeness (QED) is 0.518. The van der Waals surface area contributed by atoms with Gasteiger partial charge in [-0.15, -0.1) is 6.42 Å². The number of rotatable bonds is 1. The molecule has 0 atom stereocenters. The second-order valence-electron chi connectivity index (χ2n) is 1.00. The minimum absolute atomic E-state index is 0.345. The second kappa shape index (κ2) is 10.1. The molecule has 0 saturated heterocycles. The van der Waals surface area contributed by atoms with Gasteiger partial charge in [0.15, 0.2) is 0 Å². The first kappa shape index (κ1) is 10.9. The van der Waals surface area contributed by atoms with E-state index >= 15 is 0 Å². The fraction of sp³-hybridized carbons (Fsp3) is 0.571. The number of hydrogen-bond acceptors (Lipinski definition) is 1. The summed E-state index contributed by atoms with van der Waals surface area (Å²) in [5.74, 6) is 1.57. The zero-order valence-electron chi connectivity index (χ0n) is 6.19. The molecular formula is C7H13NO. The minimum atomic E-state index is -0.345. The van der Waals surface area contributed by atoms with E-state index in [1.54, 1.807) is 0 Å². The Morgan fingerprint density at radius 2 is 2.11 bits per heavy atom. The first-order valence-corrected chi connectivity index (χ1v) is 3.05. The number of hydrogen-bond donors (Lipinski definition) is 1. The van der Waals surface area contributed by atoms with E-state index in [9.17, 15) is 4.79 Å². The average Bonchev–Trinajstić information content (AvgIpc) is 1.93. The predicted octanol–water partition coefficient (Wildman–Crippen LogP) is 0.782. The molecule has 1 N–H and O–H groups in total. The topological polar surface area (TPSA) is 29.1 Å². The Bertz CT molecular complexity index is 102. The summed E-state index contributed by atoms with van der Waals surface area (Å²) in [6.45, 7) is 6.41. The predicted molar refractivity (Wildman–Crippen MR) is 38.9 cm³/mol. The third kappa shape index (κ3) is 11.0. The minimum Gasteiger partial charge on any atom is -0.346 e. The summed E-state index contributed by atoms with van der Waals surface area (Å²) in [7, 11) is 0. The van der Waals surface area contributed by atoms with Gasteiger partial charge in [-0.3, -0.25) is 4.79 Å². The van der Waals surface area contributed by atoms with Crippen molar-refractivity contribution in [2.24, 2.45) is 0 Å². The van der Waals surface area contributed by atoms with Crippen LogP contribution in [-0.2, 0) is 4.79 Å². The van der Waals surface area contributed by atoms with Gasteiger partial charge in [-0.25, -0.2) is 0 Å². The summed E-state index contributed by atoms with van der Waals surface area (Å²) in [5, 5.41) is 2.42. The lowest BCUT2D eigenvalue weighted by molar-refractivity contribution is -0.115. The van der Waals surface area contributed by atoms with Gasteiger partial charge in [0.2, 0.25) is 0 Å². The second-order valence-corrected chi connectivity index (χ2v) is 1.00. The maximum absolute atomic E-state index is 10.1. The Hall–Kier alpha value is -0.970. The summed E-state index contributed by atoms with van der Waals surface area (Å²) in [4.78, 5) is 10.1. The van der Waals surface area contributed by atoms with Crippen molar-refractivity contribution in [3.05, 3.63) is 0 Å². The van der Waals surface area contributed by atoms with Gasteiger partial charge in [0.1, 0.15) is 0 Å². The number of carbonyl (C=O) groups excluding carboxylic acids is 1. The van der Waals surface area contributed by atoms with Gasteiger partial charge < -0.3 is 5.32 Å². The van der Waals surface area contributed by atoms with Crippen molar-refractivity contribution in [3.8, 4) is 12.3 Å². The molecule has 0 rings (SSSR count). The van der Waals surface area contributed by atoms with Crippen LogP contribution in [0, 0.1) is 12.3 Å². The molecule has 0 bridgehead atoms. The molecule has 0 aliphatic carbocycles. The van der Waals surface area contributed by atoms with Gasteiger partial charge in [-0.1, -0.05) is 13.8 Å². The van der Waals surface area contributed by atoms with E-state index in [0.717, 1.165) is 0 Å². The summed E-state index contributed by atoms with van der Waals surface area (Å²) in [5.41, 5.74) is 0. The third-order valence-corrected chi connectivity index (χ3v) is 0.468. The standard InChI is InChI=1S/C5H7NO.C2H6/c1-3-5(7)6-4-2;1-2/h1H,4H2,2H3,(H,6,7);1-2H3. The SMILES string of the molecule is C#CC(=O)NCC.CC. The van der Waals surface area contributed by atoms with Gasteiger partial charge in [0.25, 0.3) is 5.91 Å². The summed E-state index contributed by atoms with van der Waals surface area (Å²) < 4.78 is 0. The van der Waals surface area contributed by atoms with E-state index in [4.69, 9.17) is 6.42 Å². The van der Waals surface area contributed by atoms with Crippen molar-refractivity contribution in [2.45, 2.75) is 20.8 Å². The van der Waals surface area contributed by atoms with Crippen molar-refractivity contribution in [3.63, 3.8) is 0 Å². The molecule has 0 spiro atoms. The normalized spacial score (nSPS) is 6.00. The van der Waals surface area contributed by atoms with Crippen molar-refractivity contribution >= 4 is 5.91 Å². The zero-order chi connectivity index (χ0) is 7.70. The molecule has 0 fully saturated rings. The Kier molecular flexibility index (Phi) is 12.3. The molecule has 2 nitrogen and oxygen atoms in total. The molecule has 0 aromatic carbocycles. The number of amides is 1. The third-order valence-electron chi connectivity index (χ3n) is 0.468. The van der Waals surface area contributed by atoms with Gasteiger partial charge in [-0.05, 0) is 12.8 Å². The van der Waals surface area contributed by atoms with Crippen LogP contribution in [-0.4, -0.2) is 12.5 Å². The van der Waals surface area contributed by atoms with Gasteiger partial charge in [-0.2, -0.15) is 0 Å². The number of terminal acetylenes is 1. The lowest BCUT2D eigenvalue weighted by atomic mass is 10.6. The molecule has 0 aliphatic rings. The van der Waals surface area contributed by atoms with Gasteiger partial charge in [0.05, 0.1) is 0 Å². The average molecular weight is 127 g/mol. The first-order valence-electron chi connectivity index (χ1n) is 3.05. The van der Waals surface area contributed by atoms with Crippen LogP contribution >= 0.6 is 0 Å². The van der Waals surface area contributed by atoms with E-state index in [0.29, 0.717) is 6.54 Å². The molecule has 0 unspecified atom stereocenters. The van der Waals surface area contributed by atoms with E-state index in [-0.39, 0.29) is 5.91 Å². The van der Waals surface area contributed by atoms with E-state index < -0.39 is 0 Å².